The average molecular weight is 266 g/mol. The minimum Gasteiger partial charge on any atom is -0.461 e. The molecule has 3 N–H and O–H groups in total. The lowest BCUT2D eigenvalue weighted by Crippen LogP contribution is -2.40. The maximum absolute atomic E-state index is 5.67. The van der Waals surface area contributed by atoms with Gasteiger partial charge in [0.2, 0.25) is 11.9 Å². The average Bonchev–Trinajstić information content (AvgIpc) is 2.26. The Morgan fingerprint density at radius 1 is 1.37 bits per heavy atom. The van der Waals surface area contributed by atoms with E-state index >= 15 is 0 Å². The van der Waals surface area contributed by atoms with Gasteiger partial charge in [-0.1, -0.05) is 0 Å². The molecule has 1 unspecified atom stereocenters. The molecule has 1 aliphatic rings. The van der Waals surface area contributed by atoms with E-state index in [0.717, 1.165) is 19.5 Å². The molecule has 2 rings (SSSR count). The summed E-state index contributed by atoms with van der Waals surface area (Å²) >= 11 is 0. The number of nitrogens with zero attached hydrogens (tertiary/aromatic N) is 4. The number of piperidine rings is 1. The van der Waals surface area contributed by atoms with Gasteiger partial charge in [-0.2, -0.15) is 15.0 Å². The molecule has 1 atom stereocenters. The van der Waals surface area contributed by atoms with Crippen molar-refractivity contribution in [2.45, 2.75) is 38.8 Å². The Morgan fingerprint density at radius 3 is 2.84 bits per heavy atom. The maximum atomic E-state index is 5.67. The summed E-state index contributed by atoms with van der Waals surface area (Å²) in [6.45, 7) is 5.96. The second kappa shape index (κ2) is 6.01. The van der Waals surface area contributed by atoms with Crippen LogP contribution in [0.15, 0.2) is 0 Å². The SMILES string of the molecule is CC(C)Oc1nc(N)nc(NC2CCCN(C)C2)n1. The Labute approximate surface area is 113 Å². The van der Waals surface area contributed by atoms with Crippen molar-refractivity contribution in [3.05, 3.63) is 0 Å². The normalized spacial score (nSPS) is 20.5. The minimum absolute atomic E-state index is 0.00969. The van der Waals surface area contributed by atoms with E-state index < -0.39 is 0 Å². The van der Waals surface area contributed by atoms with Gasteiger partial charge in [0.15, 0.2) is 0 Å². The van der Waals surface area contributed by atoms with Crippen LogP contribution in [0.4, 0.5) is 11.9 Å². The number of nitrogens with one attached hydrogen (secondary N) is 1. The fraction of sp³-hybridized carbons (Fsp3) is 0.750. The minimum atomic E-state index is 0.00969. The lowest BCUT2D eigenvalue weighted by molar-refractivity contribution is 0.222. The topological polar surface area (TPSA) is 89.2 Å². The van der Waals surface area contributed by atoms with Crippen molar-refractivity contribution in [3.8, 4) is 6.01 Å². The summed E-state index contributed by atoms with van der Waals surface area (Å²) in [5.41, 5.74) is 5.67. The molecule has 1 fully saturated rings. The van der Waals surface area contributed by atoms with Crippen LogP contribution in [0.1, 0.15) is 26.7 Å². The lowest BCUT2D eigenvalue weighted by Gasteiger charge is -2.30. The zero-order chi connectivity index (χ0) is 13.8. The van der Waals surface area contributed by atoms with Gasteiger partial charge in [0.25, 0.3) is 0 Å². The summed E-state index contributed by atoms with van der Waals surface area (Å²) in [6.07, 6.45) is 2.29. The summed E-state index contributed by atoms with van der Waals surface area (Å²) in [7, 11) is 2.11. The highest BCUT2D eigenvalue weighted by molar-refractivity contribution is 5.33. The number of likely N-dealkylation sites (N-methyl/N-ethyl adjacent to an activating group) is 1. The third-order valence-corrected chi connectivity index (χ3v) is 2.93. The highest BCUT2D eigenvalue weighted by Crippen LogP contribution is 2.15. The second-order valence-electron chi connectivity index (χ2n) is 5.21. The van der Waals surface area contributed by atoms with Gasteiger partial charge in [-0.05, 0) is 40.3 Å². The van der Waals surface area contributed by atoms with Crippen molar-refractivity contribution < 1.29 is 4.74 Å². The molecule has 0 saturated carbocycles. The maximum Gasteiger partial charge on any atom is 0.323 e. The number of aromatic nitrogens is 3. The molecule has 0 bridgehead atoms. The van der Waals surface area contributed by atoms with E-state index in [-0.39, 0.29) is 18.1 Å². The molecule has 0 aromatic carbocycles. The molecule has 1 saturated heterocycles. The van der Waals surface area contributed by atoms with Gasteiger partial charge in [0, 0.05) is 12.6 Å². The summed E-state index contributed by atoms with van der Waals surface area (Å²) in [6, 6.07) is 0.613. The fourth-order valence-electron chi connectivity index (χ4n) is 2.17. The van der Waals surface area contributed by atoms with Crippen LogP contribution in [0.3, 0.4) is 0 Å². The summed E-state index contributed by atoms with van der Waals surface area (Å²) in [4.78, 5) is 14.6. The van der Waals surface area contributed by atoms with Gasteiger partial charge in [-0.25, -0.2) is 0 Å². The smallest absolute Gasteiger partial charge is 0.323 e. The Hall–Kier alpha value is -1.63. The van der Waals surface area contributed by atoms with Gasteiger partial charge in [0.1, 0.15) is 0 Å². The van der Waals surface area contributed by atoms with Gasteiger partial charge < -0.3 is 20.7 Å². The monoisotopic (exact) mass is 266 g/mol. The largest absolute Gasteiger partial charge is 0.461 e. The first kappa shape index (κ1) is 13.8. The standard InChI is InChI=1S/C12H22N6O/c1-8(2)19-12-16-10(13)15-11(17-12)14-9-5-4-6-18(3)7-9/h8-9H,4-7H2,1-3H3,(H3,13,14,15,16,17). The number of hydrogen-bond acceptors (Lipinski definition) is 7. The third kappa shape index (κ3) is 4.20. The molecule has 19 heavy (non-hydrogen) atoms. The number of hydrogen-bond donors (Lipinski definition) is 2. The molecule has 0 aliphatic carbocycles. The third-order valence-electron chi connectivity index (χ3n) is 2.93. The molecule has 0 amide bonds. The van der Waals surface area contributed by atoms with Crippen LogP contribution in [0, 0.1) is 0 Å². The molecular weight excluding hydrogens is 244 g/mol. The molecule has 1 aromatic heterocycles. The van der Waals surface area contributed by atoms with Crippen molar-refractivity contribution in [3.63, 3.8) is 0 Å². The van der Waals surface area contributed by atoms with E-state index in [4.69, 9.17) is 10.5 Å². The van der Waals surface area contributed by atoms with Crippen LogP contribution >= 0.6 is 0 Å². The Balaban J connectivity index is 2.04. The van der Waals surface area contributed by atoms with Crippen LogP contribution in [-0.4, -0.2) is 52.1 Å². The van der Waals surface area contributed by atoms with E-state index in [2.05, 4.69) is 32.2 Å². The van der Waals surface area contributed by atoms with Crippen LogP contribution in [-0.2, 0) is 0 Å². The van der Waals surface area contributed by atoms with E-state index in [1.807, 2.05) is 13.8 Å². The summed E-state index contributed by atoms with van der Waals surface area (Å²) < 4.78 is 5.45. The molecule has 7 nitrogen and oxygen atoms in total. The van der Waals surface area contributed by atoms with Crippen LogP contribution < -0.4 is 15.8 Å². The van der Waals surface area contributed by atoms with Crippen molar-refractivity contribution in [1.82, 2.24) is 19.9 Å². The van der Waals surface area contributed by atoms with Crippen LogP contribution in [0.2, 0.25) is 0 Å². The Morgan fingerprint density at radius 2 is 2.16 bits per heavy atom. The summed E-state index contributed by atoms with van der Waals surface area (Å²) in [5, 5.41) is 3.30. The molecule has 0 spiro atoms. The first-order valence-electron chi connectivity index (χ1n) is 6.66. The first-order chi connectivity index (χ1) is 9.02. The van der Waals surface area contributed by atoms with Crippen LogP contribution in [0.25, 0.3) is 0 Å². The van der Waals surface area contributed by atoms with E-state index in [1.165, 1.54) is 6.42 Å². The first-order valence-corrected chi connectivity index (χ1v) is 6.66. The Bertz CT molecular complexity index is 425. The number of anilines is 2. The zero-order valence-corrected chi connectivity index (χ0v) is 11.8. The second-order valence-corrected chi connectivity index (χ2v) is 5.21. The predicted molar refractivity (Wildman–Crippen MR) is 74.1 cm³/mol. The number of nitrogens with two attached hydrogens (primary N) is 1. The zero-order valence-electron chi connectivity index (χ0n) is 11.8. The lowest BCUT2D eigenvalue weighted by atomic mass is 10.1. The molecular formula is C12H22N6O. The predicted octanol–water partition coefficient (Wildman–Crippen LogP) is 0.747. The fourth-order valence-corrected chi connectivity index (χ4v) is 2.17. The van der Waals surface area contributed by atoms with Crippen molar-refractivity contribution in [2.24, 2.45) is 0 Å². The number of rotatable bonds is 4. The molecule has 2 heterocycles. The van der Waals surface area contributed by atoms with Crippen LogP contribution in [0.5, 0.6) is 6.01 Å². The molecule has 0 radical (unpaired) electrons. The van der Waals surface area contributed by atoms with Gasteiger partial charge in [0.05, 0.1) is 6.10 Å². The number of likely N-dealkylation sites (tertiary alicyclic amines) is 1. The van der Waals surface area contributed by atoms with Gasteiger partial charge >= 0.3 is 6.01 Å². The highest BCUT2D eigenvalue weighted by Gasteiger charge is 2.18. The van der Waals surface area contributed by atoms with E-state index in [0.29, 0.717) is 12.0 Å². The van der Waals surface area contributed by atoms with E-state index in [9.17, 15) is 0 Å². The van der Waals surface area contributed by atoms with Crippen molar-refractivity contribution >= 4 is 11.9 Å². The molecule has 1 aromatic rings. The van der Waals surface area contributed by atoms with Gasteiger partial charge in [-0.15, -0.1) is 0 Å². The van der Waals surface area contributed by atoms with Crippen molar-refractivity contribution in [2.75, 3.05) is 31.2 Å². The highest BCUT2D eigenvalue weighted by atomic mass is 16.5. The van der Waals surface area contributed by atoms with Gasteiger partial charge in [-0.3, -0.25) is 0 Å². The number of nitrogen functional groups attached to an aromatic ring is 1. The molecule has 7 heteroatoms. The van der Waals surface area contributed by atoms with E-state index in [1.54, 1.807) is 0 Å². The molecule has 1 aliphatic heterocycles. The Kier molecular flexibility index (Phi) is 4.36. The quantitative estimate of drug-likeness (QED) is 0.831. The summed E-state index contributed by atoms with van der Waals surface area (Å²) in [5.74, 6) is 0.667. The van der Waals surface area contributed by atoms with Crippen molar-refractivity contribution in [1.29, 1.82) is 0 Å². The molecule has 106 valence electrons. The number of ether oxygens (including phenoxy) is 1.